The molecule has 2 rings (SSSR count). The van der Waals surface area contributed by atoms with E-state index in [0.29, 0.717) is 12.8 Å². The number of phenolic OH excluding ortho intramolecular Hbond substituents is 1. The fourth-order valence-electron chi connectivity index (χ4n) is 1.84. The first kappa shape index (κ1) is 11.9. The fourth-order valence-corrected chi connectivity index (χ4v) is 2.04. The quantitative estimate of drug-likeness (QED) is 0.669. The van der Waals surface area contributed by atoms with Crippen LogP contribution >= 0.6 is 11.6 Å². The maximum atomic E-state index is 14.0. The summed E-state index contributed by atoms with van der Waals surface area (Å²) in [6.07, 6.45) is 2.41. The molecular weight excluding hydrogens is 249 g/mol. The van der Waals surface area contributed by atoms with E-state index in [-0.39, 0.29) is 22.1 Å². The number of hydrogen-bond acceptors (Lipinski definition) is 4. The topological polar surface area (TPSA) is 58.9 Å². The molecule has 0 aliphatic heterocycles. The van der Waals surface area contributed by atoms with Crippen molar-refractivity contribution in [1.29, 1.82) is 0 Å². The van der Waals surface area contributed by atoms with Crippen LogP contribution in [0.5, 0.6) is 11.5 Å². The van der Waals surface area contributed by atoms with Gasteiger partial charge >= 0.3 is 0 Å². The van der Waals surface area contributed by atoms with Crippen molar-refractivity contribution in [3.8, 4) is 11.5 Å². The molecular formula is C11H9ClFNO3. The summed E-state index contributed by atoms with van der Waals surface area (Å²) in [6.45, 7) is 0. The molecule has 0 spiro atoms. The van der Waals surface area contributed by atoms with Crippen LogP contribution in [-0.4, -0.2) is 18.3 Å². The van der Waals surface area contributed by atoms with Gasteiger partial charge in [-0.2, -0.15) is 4.99 Å². The Hall–Kier alpha value is -1.58. The molecule has 0 heterocycles. The van der Waals surface area contributed by atoms with Crippen molar-refractivity contribution in [2.45, 2.75) is 18.4 Å². The van der Waals surface area contributed by atoms with Crippen LogP contribution in [-0.2, 0) is 10.3 Å². The van der Waals surface area contributed by atoms with Crippen molar-refractivity contribution in [1.82, 2.24) is 0 Å². The van der Waals surface area contributed by atoms with Gasteiger partial charge in [-0.25, -0.2) is 9.18 Å². The molecule has 4 nitrogen and oxygen atoms in total. The molecule has 17 heavy (non-hydrogen) atoms. The number of methoxy groups -OCH3 is 1. The van der Waals surface area contributed by atoms with Crippen LogP contribution in [0.15, 0.2) is 11.1 Å². The number of ether oxygens (including phenoxy) is 1. The number of halogens is 2. The molecule has 1 N–H and O–H groups in total. The Bertz CT molecular complexity index is 522. The third-order valence-electron chi connectivity index (χ3n) is 2.81. The summed E-state index contributed by atoms with van der Waals surface area (Å²) in [7, 11) is 1.30. The first-order valence-electron chi connectivity index (χ1n) is 4.90. The van der Waals surface area contributed by atoms with Gasteiger partial charge in [0.1, 0.15) is 5.54 Å². The third kappa shape index (κ3) is 1.77. The highest BCUT2D eigenvalue weighted by Gasteiger charge is 2.50. The number of isocyanates is 1. The standard InChI is InChI=1S/C11H9ClFNO3/c1-17-10-7(16)4-6(12)9(13)8(10)11(2-3-11)14-5-15/h4,16H,2-3H2,1H3. The van der Waals surface area contributed by atoms with Gasteiger partial charge in [0.25, 0.3) is 0 Å². The predicted molar refractivity (Wildman–Crippen MR) is 58.7 cm³/mol. The number of hydrogen-bond donors (Lipinski definition) is 1. The lowest BCUT2D eigenvalue weighted by atomic mass is 10.0. The zero-order valence-corrected chi connectivity index (χ0v) is 9.71. The molecule has 1 aliphatic rings. The van der Waals surface area contributed by atoms with Gasteiger partial charge in [0.15, 0.2) is 17.3 Å². The lowest BCUT2D eigenvalue weighted by Gasteiger charge is -2.16. The largest absolute Gasteiger partial charge is 0.504 e. The number of rotatable bonds is 3. The number of phenols is 1. The van der Waals surface area contributed by atoms with Crippen molar-refractivity contribution in [2.75, 3.05) is 7.11 Å². The Morgan fingerprint density at radius 1 is 1.65 bits per heavy atom. The summed E-state index contributed by atoms with van der Waals surface area (Å²) in [6, 6.07) is 1.06. The smallest absolute Gasteiger partial charge is 0.235 e. The van der Waals surface area contributed by atoms with Crippen molar-refractivity contribution in [3.63, 3.8) is 0 Å². The predicted octanol–water partition coefficient (Wildman–Crippen LogP) is 2.52. The molecule has 0 radical (unpaired) electrons. The minimum absolute atomic E-state index is 0.0216. The van der Waals surface area contributed by atoms with Gasteiger partial charge in [0.05, 0.1) is 17.7 Å². The second kappa shape index (κ2) is 4.02. The van der Waals surface area contributed by atoms with E-state index in [1.54, 1.807) is 0 Å². The van der Waals surface area contributed by atoms with Crippen LogP contribution in [0, 0.1) is 5.82 Å². The lowest BCUT2D eigenvalue weighted by Crippen LogP contribution is -2.09. The molecule has 1 aliphatic carbocycles. The lowest BCUT2D eigenvalue weighted by molar-refractivity contribution is 0.359. The average Bonchev–Trinajstić information content (AvgIpc) is 3.04. The van der Waals surface area contributed by atoms with Crippen molar-refractivity contribution in [2.24, 2.45) is 4.99 Å². The minimum atomic E-state index is -0.987. The summed E-state index contributed by atoms with van der Waals surface area (Å²) in [5.41, 5.74) is -0.965. The van der Waals surface area contributed by atoms with Crippen molar-refractivity contribution in [3.05, 3.63) is 22.5 Å². The van der Waals surface area contributed by atoms with E-state index in [1.807, 2.05) is 0 Å². The van der Waals surface area contributed by atoms with Crippen LogP contribution < -0.4 is 4.74 Å². The van der Waals surface area contributed by atoms with E-state index in [1.165, 1.54) is 13.2 Å². The average molecular weight is 258 g/mol. The van der Waals surface area contributed by atoms with Crippen LogP contribution in [0.1, 0.15) is 18.4 Å². The Morgan fingerprint density at radius 2 is 2.29 bits per heavy atom. The van der Waals surface area contributed by atoms with E-state index >= 15 is 0 Å². The van der Waals surface area contributed by atoms with E-state index in [4.69, 9.17) is 16.3 Å². The Labute approximate surface area is 102 Å². The van der Waals surface area contributed by atoms with E-state index in [2.05, 4.69) is 4.99 Å². The van der Waals surface area contributed by atoms with Gasteiger partial charge < -0.3 is 9.84 Å². The van der Waals surface area contributed by atoms with Gasteiger partial charge in [-0.3, -0.25) is 0 Å². The van der Waals surface area contributed by atoms with Gasteiger partial charge in [0, 0.05) is 6.07 Å². The third-order valence-corrected chi connectivity index (χ3v) is 3.08. The first-order valence-corrected chi connectivity index (χ1v) is 5.28. The van der Waals surface area contributed by atoms with Crippen LogP contribution in [0.3, 0.4) is 0 Å². The SMILES string of the molecule is COc1c(O)cc(Cl)c(F)c1C1(N=C=O)CC1. The minimum Gasteiger partial charge on any atom is -0.504 e. The Morgan fingerprint density at radius 3 is 2.76 bits per heavy atom. The molecule has 0 atom stereocenters. The molecule has 0 bridgehead atoms. The summed E-state index contributed by atoms with van der Waals surface area (Å²) >= 11 is 5.65. The highest BCUT2D eigenvalue weighted by atomic mass is 35.5. The normalized spacial score (nSPS) is 16.2. The van der Waals surface area contributed by atoms with Crippen molar-refractivity contribution >= 4 is 17.7 Å². The molecule has 90 valence electrons. The molecule has 0 aromatic heterocycles. The van der Waals surface area contributed by atoms with E-state index in [9.17, 15) is 14.3 Å². The number of aliphatic imine (C=N–C) groups is 1. The number of carbonyl (C=O) groups excluding carboxylic acids is 1. The maximum Gasteiger partial charge on any atom is 0.235 e. The second-order valence-corrected chi connectivity index (χ2v) is 4.24. The van der Waals surface area contributed by atoms with E-state index < -0.39 is 11.4 Å². The van der Waals surface area contributed by atoms with Gasteiger partial charge in [-0.1, -0.05) is 11.6 Å². The Kier molecular flexibility index (Phi) is 2.81. The molecule has 1 fully saturated rings. The van der Waals surface area contributed by atoms with Gasteiger partial charge in [-0.05, 0) is 12.8 Å². The number of aromatic hydroxyl groups is 1. The summed E-state index contributed by atoms with van der Waals surface area (Å²) in [5.74, 6) is -1.04. The summed E-state index contributed by atoms with van der Waals surface area (Å²) in [4.78, 5) is 14.0. The van der Waals surface area contributed by atoms with E-state index in [0.717, 1.165) is 6.07 Å². The monoisotopic (exact) mass is 257 g/mol. The van der Waals surface area contributed by atoms with Crippen LogP contribution in [0.2, 0.25) is 5.02 Å². The Balaban J connectivity index is 2.71. The first-order chi connectivity index (χ1) is 8.05. The number of benzene rings is 1. The molecule has 1 saturated carbocycles. The summed E-state index contributed by atoms with van der Waals surface area (Å²) in [5, 5.41) is 9.41. The molecule has 1 aromatic rings. The highest BCUT2D eigenvalue weighted by molar-refractivity contribution is 6.31. The van der Waals surface area contributed by atoms with Gasteiger partial charge in [0.2, 0.25) is 6.08 Å². The molecule has 0 amide bonds. The highest BCUT2D eigenvalue weighted by Crippen LogP contribution is 2.55. The zero-order chi connectivity index (χ0) is 12.6. The van der Waals surface area contributed by atoms with Crippen LogP contribution in [0.25, 0.3) is 0 Å². The zero-order valence-electron chi connectivity index (χ0n) is 8.96. The summed E-state index contributed by atoms with van der Waals surface area (Å²) < 4.78 is 18.9. The van der Waals surface area contributed by atoms with Gasteiger partial charge in [-0.15, -0.1) is 0 Å². The molecule has 1 aromatic carbocycles. The van der Waals surface area contributed by atoms with Crippen LogP contribution in [0.4, 0.5) is 4.39 Å². The molecule has 6 heteroatoms. The molecule has 0 unspecified atom stereocenters. The molecule has 0 saturated heterocycles. The number of nitrogens with zero attached hydrogens (tertiary/aromatic N) is 1. The second-order valence-electron chi connectivity index (χ2n) is 3.83. The fraction of sp³-hybridized carbons (Fsp3) is 0.364. The maximum absolute atomic E-state index is 14.0. The van der Waals surface area contributed by atoms with Crippen molar-refractivity contribution < 1.29 is 19.0 Å².